The number of nitrogens with one attached hydrogen (secondary N) is 1. The Kier molecular flexibility index (Phi) is 2.94. The third kappa shape index (κ3) is 2.14. The van der Waals surface area contributed by atoms with Crippen molar-refractivity contribution in [2.75, 3.05) is 6.54 Å². The molecule has 0 saturated heterocycles. The molecule has 10 heavy (non-hydrogen) atoms. The lowest BCUT2D eigenvalue weighted by Gasteiger charge is -1.96. The fourth-order valence-electron chi connectivity index (χ4n) is 1.29. The van der Waals surface area contributed by atoms with E-state index in [1.54, 1.807) is 0 Å². The highest BCUT2D eigenvalue weighted by atomic mass is 15.0. The highest BCUT2D eigenvalue weighted by molar-refractivity contribution is 4.94. The molecule has 1 nitrogen and oxygen atoms in total. The molecule has 0 aromatic carbocycles. The van der Waals surface area contributed by atoms with E-state index in [0.29, 0.717) is 0 Å². The van der Waals surface area contributed by atoms with E-state index in [1.165, 1.54) is 12.8 Å². The average Bonchev–Trinajstić information content (AvgIpc) is 2.68. The van der Waals surface area contributed by atoms with E-state index in [2.05, 4.69) is 31.3 Å². The van der Waals surface area contributed by atoms with Gasteiger partial charge in [0.2, 0.25) is 0 Å². The second kappa shape index (κ2) is 3.77. The largest absolute Gasteiger partial charge is 0.310 e. The van der Waals surface area contributed by atoms with Crippen LogP contribution in [0.1, 0.15) is 26.7 Å². The zero-order valence-corrected chi connectivity index (χ0v) is 6.93. The second-order valence-corrected chi connectivity index (χ2v) is 2.99. The summed E-state index contributed by atoms with van der Waals surface area (Å²) in [7, 11) is 0. The zero-order chi connectivity index (χ0) is 7.40. The Morgan fingerprint density at radius 2 is 2.40 bits per heavy atom. The van der Waals surface area contributed by atoms with E-state index in [4.69, 9.17) is 0 Å². The van der Waals surface area contributed by atoms with Gasteiger partial charge >= 0.3 is 0 Å². The van der Waals surface area contributed by atoms with Crippen molar-refractivity contribution in [1.82, 2.24) is 5.32 Å². The number of hydrogen-bond donors (Lipinski definition) is 1. The normalized spacial score (nSPS) is 31.4. The van der Waals surface area contributed by atoms with Gasteiger partial charge in [0.15, 0.2) is 0 Å². The minimum absolute atomic E-state index is 0.834. The van der Waals surface area contributed by atoms with E-state index in [-0.39, 0.29) is 0 Å². The summed E-state index contributed by atoms with van der Waals surface area (Å²) < 4.78 is 0. The Labute approximate surface area is 63.5 Å². The summed E-state index contributed by atoms with van der Waals surface area (Å²) in [6.45, 7) is 5.38. The number of hydrogen-bond acceptors (Lipinski definition) is 1. The lowest BCUT2D eigenvalue weighted by atomic mass is 10.3. The molecule has 0 amide bonds. The highest BCUT2D eigenvalue weighted by Crippen LogP contribution is 2.32. The molecule has 2 atom stereocenters. The van der Waals surface area contributed by atoms with Crippen LogP contribution in [0, 0.1) is 5.92 Å². The van der Waals surface area contributed by atoms with Crippen molar-refractivity contribution in [2.45, 2.75) is 32.7 Å². The maximum Gasteiger partial charge on any atom is 0.0137 e. The molecule has 0 aliphatic heterocycles. The van der Waals surface area contributed by atoms with Crippen molar-refractivity contribution in [1.29, 1.82) is 0 Å². The van der Waals surface area contributed by atoms with Gasteiger partial charge in [-0.1, -0.05) is 25.5 Å². The predicted molar refractivity (Wildman–Crippen MR) is 45.0 cm³/mol. The maximum atomic E-state index is 3.47. The van der Waals surface area contributed by atoms with Crippen LogP contribution in [0.25, 0.3) is 0 Å². The summed E-state index contributed by atoms with van der Waals surface area (Å²) in [5.74, 6) is 0.977. The van der Waals surface area contributed by atoms with Gasteiger partial charge < -0.3 is 5.32 Å². The molecule has 1 rings (SSSR count). The van der Waals surface area contributed by atoms with Crippen LogP contribution in [0.5, 0.6) is 0 Å². The molecular weight excluding hydrogens is 122 g/mol. The van der Waals surface area contributed by atoms with Crippen LogP contribution in [0.4, 0.5) is 0 Å². The van der Waals surface area contributed by atoms with Gasteiger partial charge in [-0.2, -0.15) is 0 Å². The van der Waals surface area contributed by atoms with Crippen LogP contribution >= 0.6 is 0 Å². The van der Waals surface area contributed by atoms with Gasteiger partial charge in [-0.3, -0.25) is 0 Å². The minimum Gasteiger partial charge on any atom is -0.310 e. The molecule has 1 heteroatoms. The number of rotatable bonds is 4. The van der Waals surface area contributed by atoms with Crippen LogP contribution in [0.2, 0.25) is 0 Å². The second-order valence-electron chi connectivity index (χ2n) is 2.99. The predicted octanol–water partition coefficient (Wildman–Crippen LogP) is 1.95. The van der Waals surface area contributed by atoms with Gasteiger partial charge in [-0.15, -0.1) is 0 Å². The van der Waals surface area contributed by atoms with E-state index >= 15 is 0 Å². The topological polar surface area (TPSA) is 12.0 Å². The van der Waals surface area contributed by atoms with Gasteiger partial charge in [-0.25, -0.2) is 0 Å². The molecule has 0 heterocycles. The van der Waals surface area contributed by atoms with Crippen LogP contribution in [0.3, 0.4) is 0 Å². The Morgan fingerprint density at radius 1 is 1.60 bits per heavy atom. The fourth-order valence-corrected chi connectivity index (χ4v) is 1.29. The van der Waals surface area contributed by atoms with E-state index in [0.717, 1.165) is 18.5 Å². The summed E-state index contributed by atoms with van der Waals surface area (Å²) >= 11 is 0. The first-order chi connectivity index (χ1) is 4.88. The summed E-state index contributed by atoms with van der Waals surface area (Å²) in [5, 5.41) is 3.47. The van der Waals surface area contributed by atoms with E-state index in [9.17, 15) is 0 Å². The van der Waals surface area contributed by atoms with Gasteiger partial charge in [0.1, 0.15) is 0 Å². The van der Waals surface area contributed by atoms with E-state index in [1.807, 2.05) is 0 Å². The Morgan fingerprint density at radius 3 is 2.90 bits per heavy atom. The van der Waals surface area contributed by atoms with Gasteiger partial charge in [-0.05, 0) is 19.3 Å². The molecule has 58 valence electrons. The van der Waals surface area contributed by atoms with Crippen molar-refractivity contribution in [2.24, 2.45) is 5.92 Å². The maximum absolute atomic E-state index is 3.47. The van der Waals surface area contributed by atoms with Crippen LogP contribution < -0.4 is 5.32 Å². The molecule has 1 saturated carbocycles. The van der Waals surface area contributed by atoms with E-state index < -0.39 is 0 Å². The molecule has 1 fully saturated rings. The lowest BCUT2D eigenvalue weighted by molar-refractivity contribution is 0.661. The van der Waals surface area contributed by atoms with Crippen molar-refractivity contribution in [3.05, 3.63) is 12.2 Å². The molecule has 0 radical (unpaired) electrons. The SMILES string of the molecule is C/C=C/CNC1CC1CC. The van der Waals surface area contributed by atoms with Crippen LogP contribution in [0.15, 0.2) is 12.2 Å². The molecule has 1 N–H and O–H groups in total. The summed E-state index contributed by atoms with van der Waals surface area (Å²) in [4.78, 5) is 0. The monoisotopic (exact) mass is 139 g/mol. The average molecular weight is 139 g/mol. The third-order valence-corrected chi connectivity index (χ3v) is 2.18. The first kappa shape index (κ1) is 7.80. The highest BCUT2D eigenvalue weighted by Gasteiger charge is 2.33. The molecule has 1 aliphatic carbocycles. The Hall–Kier alpha value is -0.300. The molecule has 0 bridgehead atoms. The first-order valence-electron chi connectivity index (χ1n) is 4.23. The van der Waals surface area contributed by atoms with Crippen molar-refractivity contribution in [3.63, 3.8) is 0 Å². The molecule has 2 unspecified atom stereocenters. The quantitative estimate of drug-likeness (QED) is 0.587. The van der Waals surface area contributed by atoms with Gasteiger partial charge in [0.05, 0.1) is 0 Å². The molecule has 1 aliphatic rings. The fraction of sp³-hybridized carbons (Fsp3) is 0.778. The Balaban J connectivity index is 1.96. The third-order valence-electron chi connectivity index (χ3n) is 2.18. The minimum atomic E-state index is 0.834. The molecule has 0 spiro atoms. The van der Waals surface area contributed by atoms with Crippen molar-refractivity contribution < 1.29 is 0 Å². The Bertz CT molecular complexity index is 118. The summed E-state index contributed by atoms with van der Waals surface area (Å²) in [6, 6.07) is 0.834. The summed E-state index contributed by atoms with van der Waals surface area (Å²) in [6.07, 6.45) is 7.00. The standard InChI is InChI=1S/C9H17N/c1-3-5-6-10-9-7-8(9)4-2/h3,5,8-10H,4,6-7H2,1-2H3/b5-3+. The van der Waals surface area contributed by atoms with Gasteiger partial charge in [0.25, 0.3) is 0 Å². The molecule has 0 aromatic rings. The smallest absolute Gasteiger partial charge is 0.0137 e. The zero-order valence-electron chi connectivity index (χ0n) is 6.93. The summed E-state index contributed by atoms with van der Waals surface area (Å²) in [5.41, 5.74) is 0. The molecule has 0 aromatic heterocycles. The number of allylic oxidation sites excluding steroid dienone is 1. The first-order valence-corrected chi connectivity index (χ1v) is 4.23. The van der Waals surface area contributed by atoms with Gasteiger partial charge in [0, 0.05) is 12.6 Å². The lowest BCUT2D eigenvalue weighted by Crippen LogP contribution is -2.17. The molecular formula is C9H17N. The van der Waals surface area contributed by atoms with Crippen molar-refractivity contribution >= 4 is 0 Å². The van der Waals surface area contributed by atoms with Crippen molar-refractivity contribution in [3.8, 4) is 0 Å². The van der Waals surface area contributed by atoms with Crippen LogP contribution in [-0.4, -0.2) is 12.6 Å². The van der Waals surface area contributed by atoms with Crippen LogP contribution in [-0.2, 0) is 0 Å².